The molecule has 0 radical (unpaired) electrons. The summed E-state index contributed by atoms with van der Waals surface area (Å²) in [5.41, 5.74) is 0.838. The maximum atomic E-state index is 13.4. The molecule has 1 N–H and O–H groups in total. The number of sulfonamides is 1. The van der Waals surface area contributed by atoms with Crippen molar-refractivity contribution >= 4 is 44.9 Å². The van der Waals surface area contributed by atoms with E-state index in [1.54, 1.807) is 49.4 Å². The van der Waals surface area contributed by atoms with Crippen LogP contribution in [0.15, 0.2) is 77.7 Å². The Morgan fingerprint density at radius 2 is 1.79 bits per heavy atom. The first-order valence-electron chi connectivity index (χ1n) is 10.4. The molecule has 0 saturated carbocycles. The lowest BCUT2D eigenvalue weighted by molar-refractivity contribution is -0.122. The highest BCUT2D eigenvalue weighted by atomic mass is 35.5. The first-order chi connectivity index (χ1) is 16.3. The zero-order valence-electron chi connectivity index (χ0n) is 18.1. The number of carbonyl (C=O) groups excluding carboxylic acids is 2. The summed E-state index contributed by atoms with van der Waals surface area (Å²) < 4.78 is 38.6. The largest absolute Gasteiger partial charge is 0.476 e. The highest BCUT2D eigenvalue weighted by molar-refractivity contribution is 7.92. The van der Waals surface area contributed by atoms with Crippen LogP contribution in [0.25, 0.3) is 0 Å². The highest BCUT2D eigenvalue weighted by Gasteiger charge is 2.37. The zero-order valence-corrected chi connectivity index (χ0v) is 19.7. The highest BCUT2D eigenvalue weighted by Crippen LogP contribution is 2.37. The Morgan fingerprint density at radius 1 is 1.09 bits per heavy atom. The summed E-state index contributed by atoms with van der Waals surface area (Å²) in [6.07, 6.45) is -1.13. The molecule has 0 unspecified atom stereocenters. The van der Waals surface area contributed by atoms with Crippen molar-refractivity contribution in [3.05, 3.63) is 83.4 Å². The van der Waals surface area contributed by atoms with Gasteiger partial charge in [-0.15, -0.1) is 0 Å². The number of nitrogens with zero attached hydrogens (tertiary/aromatic N) is 1. The Balaban J connectivity index is 1.59. The fourth-order valence-electron chi connectivity index (χ4n) is 3.48. The monoisotopic (exact) mass is 500 g/mol. The van der Waals surface area contributed by atoms with Crippen LogP contribution >= 0.6 is 11.6 Å². The number of hydrogen-bond donors (Lipinski definition) is 1. The van der Waals surface area contributed by atoms with E-state index in [4.69, 9.17) is 21.1 Å². The molecule has 1 aliphatic heterocycles. The molecule has 1 atom stereocenters. The third kappa shape index (κ3) is 4.71. The molecule has 34 heavy (non-hydrogen) atoms. The van der Waals surface area contributed by atoms with Crippen molar-refractivity contribution in [1.29, 1.82) is 0 Å². The number of para-hydroxylation sites is 2. The SMILES string of the molecule is CCOC(=O)c1ccc(NC(=O)[C@@H]2CN(S(=O)(=O)c3ccccc3)c3ccccc3O2)cc1Cl. The van der Waals surface area contributed by atoms with Crippen LogP contribution in [0.1, 0.15) is 17.3 Å². The molecular weight excluding hydrogens is 480 g/mol. The van der Waals surface area contributed by atoms with E-state index in [0.29, 0.717) is 11.4 Å². The molecule has 0 aliphatic carbocycles. The minimum atomic E-state index is -3.94. The van der Waals surface area contributed by atoms with Crippen molar-refractivity contribution in [2.75, 3.05) is 22.8 Å². The number of amides is 1. The van der Waals surface area contributed by atoms with Gasteiger partial charge in [0.1, 0.15) is 5.75 Å². The predicted octanol–water partition coefficient (Wildman–Crippen LogP) is 4.11. The lowest BCUT2D eigenvalue weighted by atomic mass is 10.2. The third-order valence-electron chi connectivity index (χ3n) is 5.09. The number of carbonyl (C=O) groups is 2. The summed E-state index contributed by atoms with van der Waals surface area (Å²) in [5.74, 6) is -0.869. The summed E-state index contributed by atoms with van der Waals surface area (Å²) in [5, 5.41) is 2.78. The first-order valence-corrected chi connectivity index (χ1v) is 12.2. The minimum Gasteiger partial charge on any atom is -0.476 e. The lowest BCUT2D eigenvalue weighted by Gasteiger charge is -2.34. The zero-order chi connectivity index (χ0) is 24.3. The Kier molecular flexibility index (Phi) is 6.76. The van der Waals surface area contributed by atoms with Crippen molar-refractivity contribution in [2.45, 2.75) is 17.9 Å². The van der Waals surface area contributed by atoms with Crippen LogP contribution in [-0.4, -0.2) is 39.5 Å². The molecule has 0 saturated heterocycles. The van der Waals surface area contributed by atoms with Gasteiger partial charge in [0, 0.05) is 5.69 Å². The smallest absolute Gasteiger partial charge is 0.339 e. The van der Waals surface area contributed by atoms with Crippen LogP contribution in [0.2, 0.25) is 5.02 Å². The minimum absolute atomic E-state index is 0.104. The van der Waals surface area contributed by atoms with Crippen LogP contribution in [0.4, 0.5) is 11.4 Å². The number of fused-ring (bicyclic) bond motifs is 1. The number of halogens is 1. The van der Waals surface area contributed by atoms with E-state index in [2.05, 4.69) is 5.32 Å². The maximum absolute atomic E-state index is 13.4. The van der Waals surface area contributed by atoms with Crippen molar-refractivity contribution in [3.63, 3.8) is 0 Å². The van der Waals surface area contributed by atoms with E-state index in [9.17, 15) is 18.0 Å². The number of anilines is 2. The molecule has 0 fully saturated rings. The van der Waals surface area contributed by atoms with E-state index < -0.39 is 28.0 Å². The summed E-state index contributed by atoms with van der Waals surface area (Å²) in [4.78, 5) is 25.1. The van der Waals surface area contributed by atoms with Gasteiger partial charge >= 0.3 is 5.97 Å². The molecule has 10 heteroatoms. The van der Waals surface area contributed by atoms with E-state index in [-0.39, 0.29) is 34.4 Å². The average molecular weight is 501 g/mol. The molecule has 176 valence electrons. The van der Waals surface area contributed by atoms with Crippen LogP contribution in [-0.2, 0) is 19.6 Å². The molecule has 1 heterocycles. The third-order valence-corrected chi connectivity index (χ3v) is 7.20. The summed E-state index contributed by atoms with van der Waals surface area (Å²) in [7, 11) is -3.94. The van der Waals surface area contributed by atoms with Gasteiger partial charge < -0.3 is 14.8 Å². The van der Waals surface area contributed by atoms with Gasteiger partial charge in [-0.05, 0) is 49.4 Å². The molecule has 0 bridgehead atoms. The molecule has 1 amide bonds. The number of ether oxygens (including phenoxy) is 2. The van der Waals surface area contributed by atoms with Gasteiger partial charge in [0.05, 0.1) is 34.3 Å². The van der Waals surface area contributed by atoms with Gasteiger partial charge in [0.2, 0.25) is 0 Å². The number of esters is 1. The number of benzene rings is 3. The maximum Gasteiger partial charge on any atom is 0.339 e. The fourth-order valence-corrected chi connectivity index (χ4v) is 5.23. The normalized spacial score (nSPS) is 15.1. The van der Waals surface area contributed by atoms with Crippen molar-refractivity contribution in [1.82, 2.24) is 0 Å². The molecule has 0 aromatic heterocycles. The van der Waals surface area contributed by atoms with Gasteiger partial charge in [-0.3, -0.25) is 9.10 Å². The van der Waals surface area contributed by atoms with Gasteiger partial charge in [-0.2, -0.15) is 0 Å². The van der Waals surface area contributed by atoms with Crippen molar-refractivity contribution in [2.24, 2.45) is 0 Å². The first kappa shape index (κ1) is 23.6. The average Bonchev–Trinajstić information content (AvgIpc) is 2.84. The Labute approximate surface area is 202 Å². The van der Waals surface area contributed by atoms with Crippen LogP contribution in [0.5, 0.6) is 5.75 Å². The molecule has 1 aliphatic rings. The van der Waals surface area contributed by atoms with Gasteiger partial charge in [-0.1, -0.05) is 41.9 Å². The fraction of sp³-hybridized carbons (Fsp3) is 0.167. The predicted molar refractivity (Wildman–Crippen MR) is 128 cm³/mol. The van der Waals surface area contributed by atoms with Gasteiger partial charge in [0.15, 0.2) is 6.10 Å². The standard InChI is InChI=1S/C24H21ClN2O6S/c1-2-32-24(29)18-13-12-16(14-19(18)25)26-23(28)22-15-27(20-10-6-7-11-21(20)33-22)34(30,31)17-8-4-3-5-9-17/h3-14,22H,2,15H2,1H3,(H,26,28)/t22-/m0/s1. The second kappa shape index (κ2) is 9.74. The summed E-state index contributed by atoms with van der Waals surface area (Å²) >= 11 is 6.18. The molecule has 8 nitrogen and oxygen atoms in total. The lowest BCUT2D eigenvalue weighted by Crippen LogP contribution is -2.48. The van der Waals surface area contributed by atoms with Gasteiger partial charge in [0.25, 0.3) is 15.9 Å². The van der Waals surface area contributed by atoms with Gasteiger partial charge in [-0.25, -0.2) is 13.2 Å². The number of nitrogens with one attached hydrogen (secondary N) is 1. The quantitative estimate of drug-likeness (QED) is 0.511. The van der Waals surface area contributed by atoms with E-state index >= 15 is 0 Å². The summed E-state index contributed by atoms with van der Waals surface area (Å²) in [6.45, 7) is 1.66. The second-order valence-electron chi connectivity index (χ2n) is 7.33. The molecule has 3 aromatic carbocycles. The Morgan fingerprint density at radius 3 is 2.50 bits per heavy atom. The molecule has 4 rings (SSSR count). The Bertz CT molecular complexity index is 1330. The molecule has 0 spiro atoms. The topological polar surface area (TPSA) is 102 Å². The van der Waals surface area contributed by atoms with E-state index in [1.165, 1.54) is 34.6 Å². The molecule has 3 aromatic rings. The van der Waals surface area contributed by atoms with Crippen molar-refractivity contribution < 1.29 is 27.5 Å². The van der Waals surface area contributed by atoms with E-state index in [1.807, 2.05) is 0 Å². The number of hydrogen-bond acceptors (Lipinski definition) is 6. The van der Waals surface area contributed by atoms with Crippen LogP contribution in [0.3, 0.4) is 0 Å². The molecular formula is C24H21ClN2O6S. The van der Waals surface area contributed by atoms with Crippen LogP contribution < -0.4 is 14.4 Å². The van der Waals surface area contributed by atoms with Crippen molar-refractivity contribution in [3.8, 4) is 5.75 Å². The Hall–Kier alpha value is -3.56. The summed E-state index contributed by atoms with van der Waals surface area (Å²) in [6, 6.07) is 19.0. The van der Waals surface area contributed by atoms with Crippen LogP contribution in [0, 0.1) is 0 Å². The second-order valence-corrected chi connectivity index (χ2v) is 9.60. The van der Waals surface area contributed by atoms with E-state index in [0.717, 1.165) is 0 Å². The number of rotatable bonds is 6.